The second-order valence-corrected chi connectivity index (χ2v) is 10.3. The van der Waals surface area contributed by atoms with Crippen LogP contribution in [0.25, 0.3) is 0 Å². The van der Waals surface area contributed by atoms with Crippen LogP contribution in [0.5, 0.6) is 11.5 Å². The highest BCUT2D eigenvalue weighted by Gasteiger charge is 2.36. The third-order valence-corrected chi connectivity index (χ3v) is 8.22. The van der Waals surface area contributed by atoms with E-state index in [1.54, 1.807) is 21.1 Å². The number of sulfonamides is 1. The Morgan fingerprint density at radius 2 is 1.94 bits per heavy atom. The van der Waals surface area contributed by atoms with Crippen molar-refractivity contribution in [1.29, 1.82) is 0 Å². The molecule has 9 heteroatoms. The van der Waals surface area contributed by atoms with Gasteiger partial charge in [0.25, 0.3) is 0 Å². The molecule has 0 radical (unpaired) electrons. The molecule has 33 heavy (non-hydrogen) atoms. The van der Waals surface area contributed by atoms with Crippen LogP contribution in [0.3, 0.4) is 0 Å². The van der Waals surface area contributed by atoms with E-state index < -0.39 is 15.8 Å². The molecule has 1 atom stereocenters. The van der Waals surface area contributed by atoms with Crippen LogP contribution in [0.2, 0.25) is 0 Å². The van der Waals surface area contributed by atoms with Crippen molar-refractivity contribution in [2.45, 2.75) is 50.0 Å². The zero-order valence-corrected chi connectivity index (χ0v) is 21.0. The quantitative estimate of drug-likeness (QED) is 0.525. The number of halogens is 2. The summed E-state index contributed by atoms with van der Waals surface area (Å²) >= 11 is 0. The maximum Gasteiger partial charge on any atom is 0.240 e. The molecule has 0 saturated heterocycles. The summed E-state index contributed by atoms with van der Waals surface area (Å²) < 4.78 is 52.3. The second kappa shape index (κ2) is 10.6. The lowest BCUT2D eigenvalue weighted by atomic mass is 9.92. The first-order chi connectivity index (χ1) is 15.4. The molecule has 6 nitrogen and oxygen atoms in total. The number of nitrogens with zero attached hydrogens (tertiary/aromatic N) is 1. The van der Waals surface area contributed by atoms with Crippen molar-refractivity contribution in [3.05, 3.63) is 52.3 Å². The molecule has 1 unspecified atom stereocenters. The zero-order valence-electron chi connectivity index (χ0n) is 19.3. The van der Waals surface area contributed by atoms with Gasteiger partial charge in [0.1, 0.15) is 5.82 Å². The molecule has 1 N–H and O–H groups in total. The molecule has 4 rings (SSSR count). The Bertz CT molecular complexity index is 1110. The Morgan fingerprint density at radius 3 is 2.67 bits per heavy atom. The molecule has 1 heterocycles. The van der Waals surface area contributed by atoms with Gasteiger partial charge in [0.05, 0.1) is 19.1 Å². The Labute approximate surface area is 201 Å². The molecule has 1 aliphatic carbocycles. The first kappa shape index (κ1) is 25.7. The van der Waals surface area contributed by atoms with E-state index in [0.717, 1.165) is 62.8 Å². The lowest BCUT2D eigenvalue weighted by Gasteiger charge is -2.35. The molecule has 0 amide bonds. The van der Waals surface area contributed by atoms with Crippen molar-refractivity contribution < 1.29 is 22.3 Å². The van der Waals surface area contributed by atoms with Gasteiger partial charge >= 0.3 is 0 Å². The summed E-state index contributed by atoms with van der Waals surface area (Å²) in [4.78, 5) is 2.52. The van der Waals surface area contributed by atoms with Gasteiger partial charge in [-0.15, -0.1) is 12.4 Å². The Kier molecular flexibility index (Phi) is 8.26. The van der Waals surface area contributed by atoms with E-state index in [9.17, 15) is 12.8 Å². The molecule has 2 aliphatic rings. The first-order valence-corrected chi connectivity index (χ1v) is 12.6. The number of rotatable bonds is 9. The van der Waals surface area contributed by atoms with Gasteiger partial charge in [-0.3, -0.25) is 4.90 Å². The SMILES string of the molecule is COc1cc2c3c(c1OC)CCC3N(CCCCNS(=O)(=O)c1cc(F)ccc1C)CC2.Cl. The third kappa shape index (κ3) is 5.14. The van der Waals surface area contributed by atoms with E-state index >= 15 is 0 Å². The van der Waals surface area contributed by atoms with Crippen molar-refractivity contribution in [3.63, 3.8) is 0 Å². The van der Waals surface area contributed by atoms with Crippen molar-refractivity contribution in [1.82, 2.24) is 9.62 Å². The Balaban J connectivity index is 0.00000306. The number of hydrogen-bond donors (Lipinski definition) is 1. The lowest BCUT2D eigenvalue weighted by molar-refractivity contribution is 0.182. The molecule has 0 spiro atoms. The summed E-state index contributed by atoms with van der Waals surface area (Å²) in [5.41, 5.74) is 4.57. The van der Waals surface area contributed by atoms with Crippen LogP contribution in [-0.4, -0.2) is 47.2 Å². The topological polar surface area (TPSA) is 67.9 Å². The predicted molar refractivity (Wildman–Crippen MR) is 129 cm³/mol. The number of ether oxygens (including phenoxy) is 2. The molecule has 0 bridgehead atoms. The molecular weight excluding hydrogens is 467 g/mol. The Hall–Kier alpha value is -1.87. The molecule has 0 saturated carbocycles. The van der Waals surface area contributed by atoms with Gasteiger partial charge in [-0.1, -0.05) is 6.07 Å². The van der Waals surface area contributed by atoms with Crippen LogP contribution in [0.1, 0.15) is 47.6 Å². The third-order valence-electron chi connectivity index (χ3n) is 6.61. The maximum absolute atomic E-state index is 13.5. The lowest BCUT2D eigenvalue weighted by Crippen LogP contribution is -2.35. The number of methoxy groups -OCH3 is 2. The molecule has 182 valence electrons. The second-order valence-electron chi connectivity index (χ2n) is 8.52. The van der Waals surface area contributed by atoms with Crippen LogP contribution in [0.4, 0.5) is 4.39 Å². The standard InChI is InChI=1S/C24H31FN2O4S.ClH/c1-16-6-7-18(25)15-22(16)32(28,29)26-11-4-5-12-27-13-10-17-14-21(30-2)24(31-3)19-8-9-20(27)23(17)19;/h6-7,14-15,20,26H,4-5,8-13H2,1-3H3;1H. The van der Waals surface area contributed by atoms with Gasteiger partial charge in [-0.05, 0) is 80.5 Å². The normalized spacial score (nSPS) is 17.4. The van der Waals surface area contributed by atoms with Crippen LogP contribution in [-0.2, 0) is 22.9 Å². The van der Waals surface area contributed by atoms with Crippen LogP contribution < -0.4 is 14.2 Å². The van der Waals surface area contributed by atoms with Crippen LogP contribution >= 0.6 is 12.4 Å². The molecular formula is C24H32ClFN2O4S. The van der Waals surface area contributed by atoms with Gasteiger partial charge in [0, 0.05) is 24.7 Å². The fraction of sp³-hybridized carbons (Fsp3) is 0.500. The van der Waals surface area contributed by atoms with Crippen LogP contribution in [0, 0.1) is 12.7 Å². The first-order valence-electron chi connectivity index (χ1n) is 11.1. The van der Waals surface area contributed by atoms with E-state index in [1.807, 2.05) is 0 Å². The predicted octanol–water partition coefficient (Wildman–Crippen LogP) is 4.18. The highest BCUT2D eigenvalue weighted by molar-refractivity contribution is 7.89. The molecule has 2 aromatic carbocycles. The number of nitrogens with one attached hydrogen (secondary N) is 1. The number of benzene rings is 2. The average molecular weight is 499 g/mol. The summed E-state index contributed by atoms with van der Waals surface area (Å²) in [6, 6.07) is 6.34. The van der Waals surface area contributed by atoms with Crippen molar-refractivity contribution in [3.8, 4) is 11.5 Å². The molecule has 0 aromatic heterocycles. The summed E-state index contributed by atoms with van der Waals surface area (Å²) in [5, 5.41) is 0. The van der Waals surface area contributed by atoms with E-state index in [4.69, 9.17) is 9.47 Å². The van der Waals surface area contributed by atoms with Gasteiger partial charge in [0.15, 0.2) is 11.5 Å². The average Bonchev–Trinajstić information content (AvgIpc) is 3.22. The number of aryl methyl sites for hydroxylation is 1. The fourth-order valence-corrected chi connectivity index (χ4v) is 6.41. The van der Waals surface area contributed by atoms with Crippen molar-refractivity contribution >= 4 is 22.4 Å². The van der Waals surface area contributed by atoms with E-state index in [1.165, 1.54) is 28.8 Å². The summed E-state index contributed by atoms with van der Waals surface area (Å²) in [6.07, 6.45) is 4.64. The van der Waals surface area contributed by atoms with Crippen LogP contribution in [0.15, 0.2) is 29.2 Å². The van der Waals surface area contributed by atoms with Gasteiger partial charge in [-0.25, -0.2) is 17.5 Å². The maximum atomic E-state index is 13.5. The molecule has 2 aromatic rings. The van der Waals surface area contributed by atoms with Crippen molar-refractivity contribution in [2.24, 2.45) is 0 Å². The number of hydrogen-bond acceptors (Lipinski definition) is 5. The highest BCUT2D eigenvalue weighted by atomic mass is 35.5. The largest absolute Gasteiger partial charge is 0.493 e. The molecule has 0 fully saturated rings. The summed E-state index contributed by atoms with van der Waals surface area (Å²) in [6.45, 7) is 3.91. The minimum absolute atomic E-state index is 0. The highest BCUT2D eigenvalue weighted by Crippen LogP contribution is 2.48. The van der Waals surface area contributed by atoms with Gasteiger partial charge in [0.2, 0.25) is 10.0 Å². The fourth-order valence-electron chi connectivity index (χ4n) is 5.08. The monoisotopic (exact) mass is 498 g/mol. The summed E-state index contributed by atoms with van der Waals surface area (Å²) in [7, 11) is -0.331. The van der Waals surface area contributed by atoms with E-state index in [-0.39, 0.29) is 17.3 Å². The Morgan fingerprint density at radius 1 is 1.15 bits per heavy atom. The van der Waals surface area contributed by atoms with E-state index in [0.29, 0.717) is 18.2 Å². The van der Waals surface area contributed by atoms with Crippen molar-refractivity contribution in [2.75, 3.05) is 33.9 Å². The molecule has 1 aliphatic heterocycles. The minimum atomic E-state index is -3.71. The van der Waals surface area contributed by atoms with E-state index in [2.05, 4.69) is 15.7 Å². The zero-order chi connectivity index (χ0) is 22.9. The van der Waals surface area contributed by atoms with Gasteiger partial charge < -0.3 is 9.47 Å². The summed E-state index contributed by atoms with van der Waals surface area (Å²) in [5.74, 6) is 1.13. The smallest absolute Gasteiger partial charge is 0.240 e. The number of unbranched alkanes of at least 4 members (excludes halogenated alkanes) is 1. The van der Waals surface area contributed by atoms with Gasteiger partial charge in [-0.2, -0.15) is 0 Å². The minimum Gasteiger partial charge on any atom is -0.493 e.